The number of hydrogen-bond donors (Lipinski definition) is 0. The third-order valence-electron chi connectivity index (χ3n) is 1.80. The number of rotatable bonds is 8. The summed E-state index contributed by atoms with van der Waals surface area (Å²) in [6.07, 6.45) is -4.22. The van der Waals surface area contributed by atoms with Crippen LogP contribution in [0.3, 0.4) is 0 Å². The predicted molar refractivity (Wildman–Crippen MR) is 63.0 cm³/mol. The molecule has 0 atom stereocenters. The van der Waals surface area contributed by atoms with Crippen molar-refractivity contribution >= 4 is 17.7 Å². The van der Waals surface area contributed by atoms with Crippen LogP contribution in [0.2, 0.25) is 0 Å². The van der Waals surface area contributed by atoms with Crippen molar-refractivity contribution in [2.45, 2.75) is 39.3 Å². The molecule has 0 aromatic carbocycles. The fourth-order valence-corrected chi connectivity index (χ4v) is 1.79. The lowest BCUT2D eigenvalue weighted by Gasteiger charge is -2.07. The van der Waals surface area contributed by atoms with Crippen LogP contribution in [0.4, 0.5) is 13.2 Å². The summed E-state index contributed by atoms with van der Waals surface area (Å²) in [7, 11) is 0. The van der Waals surface area contributed by atoms with Gasteiger partial charge < -0.3 is 4.74 Å². The zero-order chi connectivity index (χ0) is 13.3. The van der Waals surface area contributed by atoms with Crippen LogP contribution in [0.25, 0.3) is 0 Å². The molecule has 102 valence electrons. The first-order valence-corrected chi connectivity index (χ1v) is 6.77. The molecular weight excluding hydrogens is 253 g/mol. The molecule has 2 nitrogen and oxygen atoms in total. The van der Waals surface area contributed by atoms with Gasteiger partial charge in [-0.2, -0.15) is 24.9 Å². The summed E-state index contributed by atoms with van der Waals surface area (Å²) in [6, 6.07) is 0. The minimum absolute atomic E-state index is 0.123. The van der Waals surface area contributed by atoms with E-state index in [2.05, 4.69) is 0 Å². The second kappa shape index (κ2) is 8.66. The molecule has 0 rings (SSSR count). The van der Waals surface area contributed by atoms with Gasteiger partial charge in [0.05, 0.1) is 12.4 Å². The Labute approximate surface area is 104 Å². The maximum Gasteiger partial charge on any atom is 0.389 e. The Balaban J connectivity index is 3.31. The number of halogens is 3. The number of unbranched alkanes of at least 4 members (excludes halogenated alkanes) is 1. The fraction of sp³-hybridized carbons (Fsp3) is 0.909. The molecule has 0 aromatic heterocycles. The fourth-order valence-electron chi connectivity index (χ4n) is 0.986. The quantitative estimate of drug-likeness (QED) is 0.498. The smallest absolute Gasteiger partial charge is 0.389 e. The van der Waals surface area contributed by atoms with E-state index in [1.807, 2.05) is 13.8 Å². The highest BCUT2D eigenvalue weighted by molar-refractivity contribution is 7.99. The topological polar surface area (TPSA) is 26.3 Å². The maximum atomic E-state index is 11.8. The normalized spacial score (nSPS) is 11.9. The molecule has 17 heavy (non-hydrogen) atoms. The van der Waals surface area contributed by atoms with E-state index in [1.54, 1.807) is 0 Å². The molecule has 6 heteroatoms. The minimum Gasteiger partial charge on any atom is -0.465 e. The van der Waals surface area contributed by atoms with E-state index in [0.717, 1.165) is 0 Å². The van der Waals surface area contributed by atoms with E-state index < -0.39 is 12.6 Å². The van der Waals surface area contributed by atoms with Gasteiger partial charge in [-0.25, -0.2) is 0 Å². The molecule has 0 aliphatic rings. The highest BCUT2D eigenvalue weighted by Gasteiger charge is 2.25. The van der Waals surface area contributed by atoms with Crippen molar-refractivity contribution in [1.82, 2.24) is 0 Å². The van der Waals surface area contributed by atoms with Crippen molar-refractivity contribution in [3.05, 3.63) is 0 Å². The molecule has 0 heterocycles. The van der Waals surface area contributed by atoms with Gasteiger partial charge in [-0.3, -0.25) is 4.79 Å². The number of carbonyl (C=O) groups excluding carboxylic acids is 1. The average Bonchev–Trinajstić information content (AvgIpc) is 2.18. The molecular formula is C11H19F3O2S. The lowest BCUT2D eigenvalue weighted by molar-refractivity contribution is -0.141. The van der Waals surface area contributed by atoms with Gasteiger partial charge >= 0.3 is 12.1 Å². The Morgan fingerprint density at radius 1 is 1.29 bits per heavy atom. The molecule has 0 amide bonds. The Hall–Kier alpha value is -0.390. The summed E-state index contributed by atoms with van der Waals surface area (Å²) in [6.45, 7) is 4.28. The van der Waals surface area contributed by atoms with Crippen molar-refractivity contribution in [3.8, 4) is 0 Å². The van der Waals surface area contributed by atoms with E-state index in [0.29, 0.717) is 24.7 Å². The van der Waals surface area contributed by atoms with Gasteiger partial charge in [0.2, 0.25) is 0 Å². The van der Waals surface area contributed by atoms with Crippen LogP contribution in [0.5, 0.6) is 0 Å². The largest absolute Gasteiger partial charge is 0.465 e. The number of thioether (sulfide) groups is 1. The summed E-state index contributed by atoms with van der Waals surface area (Å²) in [4.78, 5) is 11.1. The molecule has 0 aliphatic carbocycles. The van der Waals surface area contributed by atoms with Gasteiger partial charge in [0, 0.05) is 6.42 Å². The number of alkyl halides is 3. The first kappa shape index (κ1) is 16.6. The second-order valence-electron chi connectivity index (χ2n) is 4.20. The summed E-state index contributed by atoms with van der Waals surface area (Å²) in [5.74, 6) is 0.793. The Morgan fingerprint density at radius 2 is 1.94 bits per heavy atom. The molecule has 0 radical (unpaired) electrons. The lowest BCUT2D eigenvalue weighted by Crippen LogP contribution is -2.12. The number of hydrogen-bond acceptors (Lipinski definition) is 3. The van der Waals surface area contributed by atoms with Crippen molar-refractivity contribution < 1.29 is 22.7 Å². The van der Waals surface area contributed by atoms with Gasteiger partial charge in [-0.05, 0) is 24.5 Å². The lowest BCUT2D eigenvalue weighted by atomic mass is 10.2. The van der Waals surface area contributed by atoms with Gasteiger partial charge in [0.15, 0.2) is 0 Å². The molecule has 0 unspecified atom stereocenters. The first-order valence-electron chi connectivity index (χ1n) is 5.61. The van der Waals surface area contributed by atoms with Crippen LogP contribution in [0.15, 0.2) is 0 Å². The van der Waals surface area contributed by atoms with Crippen LogP contribution in [0.1, 0.15) is 33.1 Å². The van der Waals surface area contributed by atoms with Crippen molar-refractivity contribution in [3.63, 3.8) is 0 Å². The Morgan fingerprint density at radius 3 is 2.47 bits per heavy atom. The summed E-state index contributed by atoms with van der Waals surface area (Å²) >= 11 is 1.32. The summed E-state index contributed by atoms with van der Waals surface area (Å²) < 4.78 is 40.3. The maximum absolute atomic E-state index is 11.8. The highest BCUT2D eigenvalue weighted by atomic mass is 32.2. The summed E-state index contributed by atoms with van der Waals surface area (Å²) in [5.41, 5.74) is 0. The zero-order valence-electron chi connectivity index (χ0n) is 10.2. The molecule has 0 fully saturated rings. The van der Waals surface area contributed by atoms with Gasteiger partial charge in [0.25, 0.3) is 0 Å². The molecule has 0 saturated carbocycles. The van der Waals surface area contributed by atoms with Crippen LogP contribution in [0, 0.1) is 5.92 Å². The van der Waals surface area contributed by atoms with Crippen molar-refractivity contribution in [2.24, 2.45) is 5.92 Å². The van der Waals surface area contributed by atoms with E-state index in [-0.39, 0.29) is 18.1 Å². The molecule has 0 spiro atoms. The van der Waals surface area contributed by atoms with E-state index in [4.69, 9.17) is 4.74 Å². The standard InChI is InChI=1S/C11H19F3O2S/c1-9(2)7-16-10(15)8-17-6-4-3-5-11(12,13)14/h9H,3-8H2,1-2H3. The first-order chi connectivity index (χ1) is 7.81. The highest BCUT2D eigenvalue weighted by Crippen LogP contribution is 2.22. The monoisotopic (exact) mass is 272 g/mol. The molecule has 0 N–H and O–H groups in total. The number of ether oxygens (including phenoxy) is 1. The minimum atomic E-state index is -4.07. The third-order valence-corrected chi connectivity index (χ3v) is 2.81. The molecule has 0 bridgehead atoms. The SMILES string of the molecule is CC(C)COC(=O)CSCCCCC(F)(F)F. The number of carbonyl (C=O) groups is 1. The van der Waals surface area contributed by atoms with E-state index in [1.165, 1.54) is 11.8 Å². The third kappa shape index (κ3) is 13.5. The van der Waals surface area contributed by atoms with Gasteiger partial charge in [0.1, 0.15) is 0 Å². The van der Waals surface area contributed by atoms with Gasteiger partial charge in [-0.1, -0.05) is 13.8 Å². The molecule has 0 aromatic rings. The van der Waals surface area contributed by atoms with Crippen LogP contribution in [-0.4, -0.2) is 30.3 Å². The van der Waals surface area contributed by atoms with Crippen LogP contribution >= 0.6 is 11.8 Å². The average molecular weight is 272 g/mol. The second-order valence-corrected chi connectivity index (χ2v) is 5.31. The van der Waals surface area contributed by atoms with Crippen LogP contribution < -0.4 is 0 Å². The van der Waals surface area contributed by atoms with E-state index in [9.17, 15) is 18.0 Å². The molecule has 0 aliphatic heterocycles. The van der Waals surface area contributed by atoms with E-state index >= 15 is 0 Å². The van der Waals surface area contributed by atoms with Crippen LogP contribution in [-0.2, 0) is 9.53 Å². The molecule has 0 saturated heterocycles. The summed E-state index contributed by atoms with van der Waals surface area (Å²) in [5, 5.41) is 0. The van der Waals surface area contributed by atoms with Gasteiger partial charge in [-0.15, -0.1) is 0 Å². The van der Waals surface area contributed by atoms with Crippen molar-refractivity contribution in [1.29, 1.82) is 0 Å². The number of esters is 1. The predicted octanol–water partition coefficient (Wildman–Crippen LogP) is 3.65. The van der Waals surface area contributed by atoms with Crippen molar-refractivity contribution in [2.75, 3.05) is 18.1 Å². The zero-order valence-corrected chi connectivity index (χ0v) is 11.0. The Kier molecular flexibility index (Phi) is 8.47. The Bertz CT molecular complexity index is 217.